The molecule has 0 fully saturated rings. The first-order valence-corrected chi connectivity index (χ1v) is 7.91. The van der Waals surface area contributed by atoms with Gasteiger partial charge in [-0.3, -0.25) is 0 Å². The maximum absolute atomic E-state index is 14.1. The Morgan fingerprint density at radius 2 is 1.81 bits per heavy atom. The molecule has 1 N–H and O–H groups in total. The fourth-order valence-corrected chi connectivity index (χ4v) is 3.03. The molecule has 1 atom stereocenters. The van der Waals surface area contributed by atoms with Crippen molar-refractivity contribution in [3.63, 3.8) is 0 Å². The lowest BCUT2D eigenvalue weighted by molar-refractivity contribution is 0.353. The van der Waals surface area contributed by atoms with Crippen molar-refractivity contribution in [3.05, 3.63) is 69.9 Å². The summed E-state index contributed by atoms with van der Waals surface area (Å²) in [7, 11) is 1.94. The molecule has 0 radical (unpaired) electrons. The first kappa shape index (κ1) is 16.2. The van der Waals surface area contributed by atoms with Crippen LogP contribution in [0, 0.1) is 5.82 Å². The first-order chi connectivity index (χ1) is 9.95. The van der Waals surface area contributed by atoms with Gasteiger partial charge in [0.05, 0.1) is 0 Å². The van der Waals surface area contributed by atoms with Crippen LogP contribution in [0.2, 0.25) is 0 Å². The van der Waals surface area contributed by atoms with E-state index < -0.39 is 0 Å². The lowest BCUT2D eigenvalue weighted by Gasteiger charge is -2.35. The predicted octanol–water partition coefficient (Wildman–Crippen LogP) is 4.70. The van der Waals surface area contributed by atoms with E-state index in [1.165, 1.54) is 11.6 Å². The number of likely N-dealkylation sites (N-methyl/N-ethyl adjacent to an activating group) is 1. The van der Waals surface area contributed by atoms with Gasteiger partial charge in [-0.1, -0.05) is 66.2 Å². The summed E-state index contributed by atoms with van der Waals surface area (Å²) in [6, 6.07) is 15.8. The van der Waals surface area contributed by atoms with Crippen LogP contribution in [0.1, 0.15) is 25.0 Å². The molecule has 0 amide bonds. The topological polar surface area (TPSA) is 12.0 Å². The van der Waals surface area contributed by atoms with Crippen LogP contribution in [0.5, 0.6) is 0 Å². The normalized spacial score (nSPS) is 13.2. The van der Waals surface area contributed by atoms with Gasteiger partial charge in [0.2, 0.25) is 0 Å². The van der Waals surface area contributed by atoms with Crippen molar-refractivity contribution >= 4 is 15.9 Å². The average molecular weight is 350 g/mol. The van der Waals surface area contributed by atoms with E-state index in [0.717, 1.165) is 10.0 Å². The molecule has 0 aromatic heterocycles. The second kappa shape index (κ2) is 6.71. The lowest BCUT2D eigenvalue weighted by atomic mass is 9.75. The molecule has 0 spiro atoms. The van der Waals surface area contributed by atoms with Gasteiger partial charge in [0, 0.05) is 15.9 Å². The number of hydrogen-bond acceptors (Lipinski definition) is 1. The summed E-state index contributed by atoms with van der Waals surface area (Å²) in [4.78, 5) is 0. The summed E-state index contributed by atoms with van der Waals surface area (Å²) >= 11 is 3.30. The van der Waals surface area contributed by atoms with Crippen molar-refractivity contribution < 1.29 is 4.39 Å². The van der Waals surface area contributed by atoms with Crippen molar-refractivity contribution in [2.24, 2.45) is 0 Å². The molecule has 0 aliphatic rings. The van der Waals surface area contributed by atoms with Crippen molar-refractivity contribution in [2.75, 3.05) is 7.05 Å². The Balaban J connectivity index is 2.27. The molecule has 0 saturated heterocycles. The van der Waals surface area contributed by atoms with Gasteiger partial charge in [-0.25, -0.2) is 4.39 Å². The molecule has 0 aliphatic heterocycles. The molecule has 2 aromatic carbocycles. The van der Waals surface area contributed by atoms with E-state index >= 15 is 0 Å². The Morgan fingerprint density at radius 3 is 2.38 bits per heavy atom. The Bertz CT molecular complexity index is 595. The maximum atomic E-state index is 14.1. The molecule has 0 heterocycles. The van der Waals surface area contributed by atoms with Crippen LogP contribution >= 0.6 is 15.9 Å². The third-order valence-corrected chi connectivity index (χ3v) is 4.67. The van der Waals surface area contributed by atoms with Gasteiger partial charge >= 0.3 is 0 Å². The standard InChI is InChI=1S/C18H21BrFN/c1-18(2,14-7-5-4-6-8-14)17(21-3)11-13-9-10-15(19)12-16(13)20/h4-10,12,17,21H,11H2,1-3H3. The van der Waals surface area contributed by atoms with E-state index in [1.807, 2.05) is 37.4 Å². The smallest absolute Gasteiger partial charge is 0.127 e. The van der Waals surface area contributed by atoms with Crippen LogP contribution in [-0.2, 0) is 11.8 Å². The highest BCUT2D eigenvalue weighted by Gasteiger charge is 2.30. The zero-order chi connectivity index (χ0) is 15.5. The molecule has 0 saturated carbocycles. The van der Waals surface area contributed by atoms with E-state index in [0.29, 0.717) is 6.42 Å². The number of benzene rings is 2. The molecular weight excluding hydrogens is 329 g/mol. The minimum absolute atomic E-state index is 0.0878. The molecular formula is C18H21BrFN. The Kier molecular flexibility index (Phi) is 5.17. The minimum atomic E-state index is -0.159. The van der Waals surface area contributed by atoms with Gasteiger partial charge in [0.15, 0.2) is 0 Å². The highest BCUT2D eigenvalue weighted by Crippen LogP contribution is 2.29. The fraction of sp³-hybridized carbons (Fsp3) is 0.333. The molecule has 0 bridgehead atoms. The van der Waals surface area contributed by atoms with Gasteiger partial charge in [-0.2, -0.15) is 0 Å². The Labute approximate surface area is 134 Å². The summed E-state index contributed by atoms with van der Waals surface area (Å²) in [5.74, 6) is -0.159. The minimum Gasteiger partial charge on any atom is -0.316 e. The molecule has 112 valence electrons. The average Bonchev–Trinajstić information content (AvgIpc) is 2.47. The van der Waals surface area contributed by atoms with Crippen LogP contribution in [-0.4, -0.2) is 13.1 Å². The van der Waals surface area contributed by atoms with Crippen LogP contribution in [0.15, 0.2) is 53.0 Å². The van der Waals surface area contributed by atoms with E-state index in [1.54, 1.807) is 0 Å². The van der Waals surface area contributed by atoms with Crippen molar-refractivity contribution in [1.29, 1.82) is 0 Å². The van der Waals surface area contributed by atoms with Gasteiger partial charge in [-0.05, 0) is 36.7 Å². The monoisotopic (exact) mass is 349 g/mol. The molecule has 1 nitrogen and oxygen atoms in total. The second-order valence-electron chi connectivity index (χ2n) is 5.87. The quantitative estimate of drug-likeness (QED) is 0.825. The first-order valence-electron chi connectivity index (χ1n) is 7.12. The zero-order valence-electron chi connectivity index (χ0n) is 12.7. The SMILES string of the molecule is CNC(Cc1ccc(Br)cc1F)C(C)(C)c1ccccc1. The van der Waals surface area contributed by atoms with Crippen LogP contribution in [0.25, 0.3) is 0 Å². The predicted molar refractivity (Wildman–Crippen MR) is 90.1 cm³/mol. The molecule has 2 rings (SSSR count). The molecule has 0 aliphatic carbocycles. The molecule has 21 heavy (non-hydrogen) atoms. The van der Waals surface area contributed by atoms with Gasteiger partial charge < -0.3 is 5.32 Å². The fourth-order valence-electron chi connectivity index (χ4n) is 2.69. The summed E-state index contributed by atoms with van der Waals surface area (Å²) in [5.41, 5.74) is 1.90. The van der Waals surface area contributed by atoms with Gasteiger partial charge in [0.25, 0.3) is 0 Å². The van der Waals surface area contributed by atoms with E-state index in [2.05, 4.69) is 47.2 Å². The highest BCUT2D eigenvalue weighted by molar-refractivity contribution is 9.10. The second-order valence-corrected chi connectivity index (χ2v) is 6.78. The number of rotatable bonds is 5. The summed E-state index contributed by atoms with van der Waals surface area (Å²) in [5, 5.41) is 3.35. The van der Waals surface area contributed by atoms with Gasteiger partial charge in [-0.15, -0.1) is 0 Å². The summed E-state index contributed by atoms with van der Waals surface area (Å²) < 4.78 is 14.9. The summed E-state index contributed by atoms with van der Waals surface area (Å²) in [6.07, 6.45) is 0.650. The van der Waals surface area contributed by atoms with Crippen LogP contribution in [0.3, 0.4) is 0 Å². The largest absolute Gasteiger partial charge is 0.316 e. The Hall–Kier alpha value is -1.19. The van der Waals surface area contributed by atoms with Crippen LogP contribution < -0.4 is 5.32 Å². The number of hydrogen-bond donors (Lipinski definition) is 1. The van der Waals surface area contributed by atoms with E-state index in [9.17, 15) is 4.39 Å². The van der Waals surface area contributed by atoms with Crippen molar-refractivity contribution in [3.8, 4) is 0 Å². The summed E-state index contributed by atoms with van der Waals surface area (Å²) in [6.45, 7) is 4.39. The van der Waals surface area contributed by atoms with E-state index in [4.69, 9.17) is 0 Å². The maximum Gasteiger partial charge on any atom is 0.127 e. The van der Waals surface area contributed by atoms with Crippen molar-refractivity contribution in [1.82, 2.24) is 5.32 Å². The number of halogens is 2. The number of nitrogens with one attached hydrogen (secondary N) is 1. The molecule has 2 aromatic rings. The van der Waals surface area contributed by atoms with Crippen LogP contribution in [0.4, 0.5) is 4.39 Å². The third kappa shape index (κ3) is 3.72. The van der Waals surface area contributed by atoms with E-state index in [-0.39, 0.29) is 17.3 Å². The highest BCUT2D eigenvalue weighted by atomic mass is 79.9. The van der Waals surface area contributed by atoms with Gasteiger partial charge in [0.1, 0.15) is 5.82 Å². The zero-order valence-corrected chi connectivity index (χ0v) is 14.2. The van der Waals surface area contributed by atoms with Crippen molar-refractivity contribution in [2.45, 2.75) is 31.7 Å². The molecule has 1 unspecified atom stereocenters. The third-order valence-electron chi connectivity index (χ3n) is 4.18. The Morgan fingerprint density at radius 1 is 1.14 bits per heavy atom. The lowest BCUT2D eigenvalue weighted by Crippen LogP contribution is -2.44. The molecule has 3 heteroatoms.